The van der Waals surface area contributed by atoms with Gasteiger partial charge in [0.1, 0.15) is 12.4 Å². The third kappa shape index (κ3) is 5.58. The van der Waals surface area contributed by atoms with Gasteiger partial charge in [-0.1, -0.05) is 18.2 Å². The molecule has 4 rings (SSSR count). The van der Waals surface area contributed by atoms with Gasteiger partial charge in [0, 0.05) is 17.7 Å². The molecule has 0 aromatic heterocycles. The molecule has 178 valence electrons. The summed E-state index contributed by atoms with van der Waals surface area (Å²) in [5.41, 5.74) is 6.48. The molecular weight excluding hydrogens is 456 g/mol. The van der Waals surface area contributed by atoms with Gasteiger partial charge in [-0.3, -0.25) is 40.7 Å². The van der Waals surface area contributed by atoms with Crippen molar-refractivity contribution in [3.05, 3.63) is 109 Å². The van der Waals surface area contributed by atoms with E-state index in [-0.39, 0.29) is 11.1 Å². The van der Waals surface area contributed by atoms with E-state index in [4.69, 9.17) is 4.74 Å². The maximum absolute atomic E-state index is 12.4. The second kappa shape index (κ2) is 10.00. The Hall–Kier alpha value is -4.80. The molecule has 0 bridgehead atoms. The Balaban J connectivity index is 1.33. The fourth-order valence-electron chi connectivity index (χ4n) is 3.75. The lowest BCUT2D eigenvalue weighted by atomic mass is 10.1. The van der Waals surface area contributed by atoms with Crippen molar-refractivity contribution in [3.8, 4) is 5.75 Å². The van der Waals surface area contributed by atoms with Crippen molar-refractivity contribution in [1.82, 2.24) is 10.9 Å². The molecule has 0 fully saturated rings. The molecule has 3 aromatic rings. The van der Waals surface area contributed by atoms with Crippen molar-refractivity contribution >= 4 is 23.2 Å². The molecule has 0 heterocycles. The number of aryl methyl sites for hydroxylation is 2. The molecule has 0 atom stereocenters. The van der Waals surface area contributed by atoms with E-state index in [0.29, 0.717) is 6.61 Å². The van der Waals surface area contributed by atoms with Crippen LogP contribution in [0, 0.1) is 20.2 Å². The zero-order chi connectivity index (χ0) is 24.9. The average Bonchev–Trinajstić information content (AvgIpc) is 3.33. The Morgan fingerprint density at radius 1 is 0.771 bits per heavy atom. The number of hydrogen-bond donors (Lipinski definition) is 2. The highest BCUT2D eigenvalue weighted by atomic mass is 16.6. The molecule has 11 heteroatoms. The van der Waals surface area contributed by atoms with Gasteiger partial charge in [-0.15, -0.1) is 0 Å². The average molecular weight is 476 g/mol. The predicted molar refractivity (Wildman–Crippen MR) is 124 cm³/mol. The lowest BCUT2D eigenvalue weighted by Gasteiger charge is -2.10. The summed E-state index contributed by atoms with van der Waals surface area (Å²) in [5, 5.41) is 21.9. The van der Waals surface area contributed by atoms with E-state index in [1.165, 1.54) is 11.1 Å². The van der Waals surface area contributed by atoms with Crippen LogP contribution in [-0.4, -0.2) is 21.7 Å². The third-order valence-electron chi connectivity index (χ3n) is 5.57. The number of non-ortho nitro benzene ring substituents is 2. The van der Waals surface area contributed by atoms with E-state index in [9.17, 15) is 29.8 Å². The summed E-state index contributed by atoms with van der Waals surface area (Å²) >= 11 is 0. The molecule has 0 radical (unpaired) electrons. The predicted octanol–water partition coefficient (Wildman–Crippen LogP) is 3.65. The zero-order valence-corrected chi connectivity index (χ0v) is 18.4. The van der Waals surface area contributed by atoms with E-state index >= 15 is 0 Å². The number of ether oxygens (including phenoxy) is 1. The number of nitrogens with zero attached hydrogens (tertiary/aromatic N) is 2. The van der Waals surface area contributed by atoms with Gasteiger partial charge in [-0.25, -0.2) is 0 Å². The molecular formula is C24H20N4O7. The Morgan fingerprint density at radius 3 is 2.00 bits per heavy atom. The minimum absolute atomic E-state index is 0.247. The normalized spacial score (nSPS) is 11.9. The van der Waals surface area contributed by atoms with Crippen LogP contribution in [0.2, 0.25) is 0 Å². The van der Waals surface area contributed by atoms with Gasteiger partial charge in [-0.2, -0.15) is 0 Å². The number of hydrazine groups is 1. The Kier molecular flexibility index (Phi) is 6.67. The first kappa shape index (κ1) is 23.4. The number of nitro benzene ring substituents is 2. The van der Waals surface area contributed by atoms with Crippen LogP contribution < -0.4 is 15.6 Å². The highest BCUT2D eigenvalue weighted by molar-refractivity contribution is 5.99. The first-order valence-electron chi connectivity index (χ1n) is 10.7. The highest BCUT2D eigenvalue weighted by Gasteiger charge is 2.20. The van der Waals surface area contributed by atoms with Crippen LogP contribution in [-0.2, 0) is 19.4 Å². The van der Waals surface area contributed by atoms with Crippen molar-refractivity contribution in [1.29, 1.82) is 0 Å². The second-order valence-electron chi connectivity index (χ2n) is 7.93. The Morgan fingerprint density at radius 2 is 1.37 bits per heavy atom. The molecule has 0 spiro atoms. The molecule has 0 saturated carbocycles. The summed E-state index contributed by atoms with van der Waals surface area (Å²) in [6.07, 6.45) is 3.32. The van der Waals surface area contributed by atoms with E-state index in [1.807, 2.05) is 6.07 Å². The van der Waals surface area contributed by atoms with Gasteiger partial charge in [0.15, 0.2) is 0 Å². The fourth-order valence-corrected chi connectivity index (χ4v) is 3.75. The lowest BCUT2D eigenvalue weighted by molar-refractivity contribution is -0.394. The monoisotopic (exact) mass is 476 g/mol. The summed E-state index contributed by atoms with van der Waals surface area (Å²) in [5.74, 6) is -0.787. The number of carbonyl (C=O) groups is 2. The molecule has 35 heavy (non-hydrogen) atoms. The Bertz CT molecular complexity index is 1290. The molecule has 1 aliphatic carbocycles. The van der Waals surface area contributed by atoms with Crippen molar-refractivity contribution in [3.63, 3.8) is 0 Å². The van der Waals surface area contributed by atoms with Gasteiger partial charge < -0.3 is 4.74 Å². The van der Waals surface area contributed by atoms with Crippen molar-refractivity contribution in [2.24, 2.45) is 0 Å². The van der Waals surface area contributed by atoms with E-state index in [2.05, 4.69) is 23.0 Å². The minimum Gasteiger partial charge on any atom is -0.489 e. The van der Waals surface area contributed by atoms with Gasteiger partial charge in [0.2, 0.25) is 0 Å². The van der Waals surface area contributed by atoms with Gasteiger partial charge >= 0.3 is 0 Å². The number of rotatable bonds is 7. The summed E-state index contributed by atoms with van der Waals surface area (Å²) in [6, 6.07) is 15.1. The first-order chi connectivity index (χ1) is 16.8. The standard InChI is InChI=1S/C24H20N4O7/c29-23(25-26-24(30)19-10-20(27(31)32)13-21(11-19)28(33)34)17-6-4-15(5-7-17)14-35-22-9-8-16-2-1-3-18(16)12-22/h4-13H,1-3,14H2,(H,25,29)(H,26,30). The molecule has 3 aromatic carbocycles. The molecule has 11 nitrogen and oxygen atoms in total. The summed E-state index contributed by atoms with van der Waals surface area (Å²) in [4.78, 5) is 44.9. The number of nitro groups is 2. The van der Waals surface area contributed by atoms with Crippen molar-refractivity contribution in [2.45, 2.75) is 25.9 Å². The molecule has 0 unspecified atom stereocenters. The van der Waals surface area contributed by atoms with Crippen molar-refractivity contribution < 1.29 is 24.2 Å². The third-order valence-corrected chi connectivity index (χ3v) is 5.57. The summed E-state index contributed by atoms with van der Waals surface area (Å²) in [6.45, 7) is 0.322. The number of carbonyl (C=O) groups excluding carboxylic acids is 2. The van der Waals surface area contributed by atoms with Crippen LogP contribution >= 0.6 is 0 Å². The molecule has 0 saturated heterocycles. The number of benzene rings is 3. The lowest BCUT2D eigenvalue weighted by Crippen LogP contribution is -2.41. The van der Waals surface area contributed by atoms with Gasteiger partial charge in [0.25, 0.3) is 23.2 Å². The maximum atomic E-state index is 12.4. The number of hydrogen-bond acceptors (Lipinski definition) is 7. The maximum Gasteiger partial charge on any atom is 0.277 e. The van der Waals surface area contributed by atoms with Crippen LogP contribution in [0.25, 0.3) is 0 Å². The number of nitrogens with one attached hydrogen (secondary N) is 2. The van der Waals surface area contributed by atoms with Gasteiger partial charge in [-0.05, 0) is 60.2 Å². The largest absolute Gasteiger partial charge is 0.489 e. The fraction of sp³-hybridized carbons (Fsp3) is 0.167. The molecule has 0 aliphatic heterocycles. The van der Waals surface area contributed by atoms with E-state index in [0.717, 1.165) is 48.8 Å². The van der Waals surface area contributed by atoms with Crippen LogP contribution in [0.4, 0.5) is 11.4 Å². The molecule has 2 amide bonds. The highest BCUT2D eigenvalue weighted by Crippen LogP contribution is 2.26. The SMILES string of the molecule is O=C(NNC(=O)c1cc([N+](=O)[O-])cc([N+](=O)[O-])c1)c1ccc(COc2ccc3c(c2)CCC3)cc1. The minimum atomic E-state index is -0.940. The first-order valence-corrected chi connectivity index (χ1v) is 10.7. The summed E-state index contributed by atoms with van der Waals surface area (Å²) in [7, 11) is 0. The summed E-state index contributed by atoms with van der Waals surface area (Å²) < 4.78 is 5.85. The van der Waals surface area contributed by atoms with E-state index < -0.39 is 33.0 Å². The second-order valence-corrected chi connectivity index (χ2v) is 7.93. The smallest absolute Gasteiger partial charge is 0.277 e. The van der Waals surface area contributed by atoms with Crippen LogP contribution in [0.5, 0.6) is 5.75 Å². The van der Waals surface area contributed by atoms with Crippen LogP contribution in [0.1, 0.15) is 43.8 Å². The van der Waals surface area contributed by atoms with Gasteiger partial charge in [0.05, 0.1) is 21.5 Å². The quantitative estimate of drug-likeness (QED) is 0.390. The molecule has 2 N–H and O–H groups in total. The zero-order valence-electron chi connectivity index (χ0n) is 18.4. The number of fused-ring (bicyclic) bond motifs is 1. The Labute approximate surface area is 199 Å². The topological polar surface area (TPSA) is 154 Å². The molecule has 1 aliphatic rings. The van der Waals surface area contributed by atoms with Crippen molar-refractivity contribution in [2.75, 3.05) is 0 Å². The van der Waals surface area contributed by atoms with Crippen LogP contribution in [0.3, 0.4) is 0 Å². The van der Waals surface area contributed by atoms with Crippen LogP contribution in [0.15, 0.2) is 60.7 Å². The number of amides is 2. The van der Waals surface area contributed by atoms with E-state index in [1.54, 1.807) is 24.3 Å².